The summed E-state index contributed by atoms with van der Waals surface area (Å²) in [6.45, 7) is 0.606. The third-order valence-electron chi connectivity index (χ3n) is 2.91. The third kappa shape index (κ3) is 2.22. The quantitative estimate of drug-likeness (QED) is 0.898. The van der Waals surface area contributed by atoms with Gasteiger partial charge in [-0.1, -0.05) is 0 Å². The summed E-state index contributed by atoms with van der Waals surface area (Å²) in [5.41, 5.74) is 0.459. The molecule has 1 aromatic rings. The fourth-order valence-corrected chi connectivity index (χ4v) is 2.46. The number of nitrogens with one attached hydrogen (secondary N) is 1. The van der Waals surface area contributed by atoms with Crippen LogP contribution in [-0.2, 0) is 4.79 Å². The topological polar surface area (TPSA) is 62.6 Å². The Morgan fingerprint density at radius 3 is 2.94 bits per heavy atom. The van der Waals surface area contributed by atoms with E-state index in [2.05, 4.69) is 21.2 Å². The minimum atomic E-state index is -0.366. The summed E-state index contributed by atoms with van der Waals surface area (Å²) in [6.07, 6.45) is 3.00. The van der Waals surface area contributed by atoms with Gasteiger partial charge in [0, 0.05) is 13.6 Å². The molecule has 92 valence electrons. The van der Waals surface area contributed by atoms with Crippen molar-refractivity contribution in [1.82, 2.24) is 10.2 Å². The summed E-state index contributed by atoms with van der Waals surface area (Å²) < 4.78 is 5.44. The normalized spacial score (nSPS) is 19.4. The van der Waals surface area contributed by atoms with E-state index in [1.807, 2.05) is 0 Å². The predicted molar refractivity (Wildman–Crippen MR) is 64.5 cm³/mol. The zero-order chi connectivity index (χ0) is 12.4. The van der Waals surface area contributed by atoms with Crippen LogP contribution in [-0.4, -0.2) is 36.3 Å². The van der Waals surface area contributed by atoms with E-state index >= 15 is 0 Å². The third-order valence-corrected chi connectivity index (χ3v) is 3.53. The van der Waals surface area contributed by atoms with Crippen LogP contribution in [0.5, 0.6) is 0 Å². The first-order valence-electron chi connectivity index (χ1n) is 5.40. The van der Waals surface area contributed by atoms with Crippen molar-refractivity contribution >= 4 is 27.7 Å². The van der Waals surface area contributed by atoms with Gasteiger partial charge in [-0.2, -0.15) is 0 Å². The van der Waals surface area contributed by atoms with E-state index in [0.29, 0.717) is 23.2 Å². The number of halogens is 1. The molecule has 1 unspecified atom stereocenters. The van der Waals surface area contributed by atoms with E-state index in [0.717, 1.165) is 6.42 Å². The Bertz CT molecular complexity index is 444. The van der Waals surface area contributed by atoms with Crippen LogP contribution in [0.15, 0.2) is 21.4 Å². The minimum absolute atomic E-state index is 0.115. The molecular weight excluding hydrogens is 288 g/mol. The van der Waals surface area contributed by atoms with Crippen molar-refractivity contribution in [3.05, 3.63) is 22.6 Å². The van der Waals surface area contributed by atoms with E-state index in [-0.39, 0.29) is 17.9 Å². The molecular formula is C11H13BrN2O3. The number of hydrogen-bond acceptors (Lipinski definition) is 3. The highest BCUT2D eigenvalue weighted by molar-refractivity contribution is 9.10. The van der Waals surface area contributed by atoms with Gasteiger partial charge in [-0.3, -0.25) is 9.59 Å². The van der Waals surface area contributed by atoms with Gasteiger partial charge in [0.2, 0.25) is 5.91 Å². The lowest BCUT2D eigenvalue weighted by atomic mass is 10.2. The molecule has 2 heterocycles. The maximum absolute atomic E-state index is 12.2. The van der Waals surface area contributed by atoms with E-state index in [4.69, 9.17) is 4.42 Å². The van der Waals surface area contributed by atoms with E-state index in [9.17, 15) is 9.59 Å². The summed E-state index contributed by atoms with van der Waals surface area (Å²) >= 11 is 3.17. The molecule has 0 radical (unpaired) electrons. The monoisotopic (exact) mass is 300 g/mol. The molecule has 1 atom stereocenters. The van der Waals surface area contributed by atoms with Gasteiger partial charge in [0.25, 0.3) is 5.91 Å². The molecule has 1 aliphatic rings. The lowest BCUT2D eigenvalue weighted by molar-refractivity contribution is -0.124. The Balaban J connectivity index is 2.19. The molecule has 17 heavy (non-hydrogen) atoms. The van der Waals surface area contributed by atoms with Crippen molar-refractivity contribution in [2.24, 2.45) is 0 Å². The number of likely N-dealkylation sites (N-methyl/N-ethyl adjacent to an activating group) is 1. The van der Waals surface area contributed by atoms with Crippen LogP contribution in [0.25, 0.3) is 0 Å². The van der Waals surface area contributed by atoms with Crippen LogP contribution in [0, 0.1) is 0 Å². The number of nitrogens with zero attached hydrogens (tertiary/aromatic N) is 1. The van der Waals surface area contributed by atoms with E-state index in [1.54, 1.807) is 18.0 Å². The van der Waals surface area contributed by atoms with Gasteiger partial charge in [0.15, 0.2) is 4.67 Å². The van der Waals surface area contributed by atoms with Gasteiger partial charge in [-0.15, -0.1) is 0 Å². The number of amides is 2. The number of furan rings is 1. The van der Waals surface area contributed by atoms with Crippen molar-refractivity contribution in [2.45, 2.75) is 18.9 Å². The Hall–Kier alpha value is -1.30. The zero-order valence-electron chi connectivity index (χ0n) is 9.40. The maximum atomic E-state index is 12.2. The van der Waals surface area contributed by atoms with Crippen molar-refractivity contribution < 1.29 is 14.0 Å². The number of carbonyl (C=O) groups is 2. The minimum Gasteiger partial charge on any atom is -0.457 e. The molecule has 1 aliphatic heterocycles. The van der Waals surface area contributed by atoms with Crippen molar-refractivity contribution in [1.29, 1.82) is 0 Å². The molecule has 0 saturated carbocycles. The van der Waals surface area contributed by atoms with Gasteiger partial charge in [-0.05, 0) is 34.8 Å². The van der Waals surface area contributed by atoms with Crippen molar-refractivity contribution in [3.8, 4) is 0 Å². The van der Waals surface area contributed by atoms with Crippen LogP contribution in [0.3, 0.4) is 0 Å². The fourth-order valence-electron chi connectivity index (χ4n) is 2.05. The van der Waals surface area contributed by atoms with Crippen molar-refractivity contribution in [2.75, 3.05) is 13.6 Å². The predicted octanol–water partition coefficient (Wildman–Crippen LogP) is 1.39. The maximum Gasteiger partial charge on any atom is 0.259 e. The van der Waals surface area contributed by atoms with E-state index < -0.39 is 0 Å². The second-order valence-corrected chi connectivity index (χ2v) is 4.60. The second kappa shape index (κ2) is 4.91. The van der Waals surface area contributed by atoms with E-state index in [1.165, 1.54) is 6.26 Å². The average molecular weight is 301 g/mol. The highest BCUT2D eigenvalue weighted by Gasteiger charge is 2.35. The summed E-state index contributed by atoms with van der Waals surface area (Å²) in [7, 11) is 1.58. The van der Waals surface area contributed by atoms with Crippen LogP contribution in [0.1, 0.15) is 23.2 Å². The first kappa shape index (κ1) is 12.2. The SMILES string of the molecule is CNC(=O)C1CCCN1C(=O)c1ccoc1Br. The zero-order valence-corrected chi connectivity index (χ0v) is 11.0. The lowest BCUT2D eigenvalue weighted by Crippen LogP contribution is -2.44. The van der Waals surface area contributed by atoms with Crippen LogP contribution in [0.4, 0.5) is 0 Å². The molecule has 0 bridgehead atoms. The van der Waals surface area contributed by atoms with Crippen LogP contribution in [0.2, 0.25) is 0 Å². The summed E-state index contributed by atoms with van der Waals surface area (Å²) in [4.78, 5) is 25.5. The smallest absolute Gasteiger partial charge is 0.259 e. The molecule has 1 aromatic heterocycles. The van der Waals surface area contributed by atoms with Gasteiger partial charge in [0.05, 0.1) is 11.8 Å². The standard InChI is InChI=1S/C11H13BrN2O3/c1-13-10(15)8-3-2-5-14(8)11(16)7-4-6-17-9(7)12/h4,6,8H,2-3,5H2,1H3,(H,13,15). The van der Waals surface area contributed by atoms with Gasteiger partial charge < -0.3 is 14.6 Å². The highest BCUT2D eigenvalue weighted by Crippen LogP contribution is 2.24. The first-order valence-corrected chi connectivity index (χ1v) is 6.20. The number of hydrogen-bond donors (Lipinski definition) is 1. The highest BCUT2D eigenvalue weighted by atomic mass is 79.9. The number of likely N-dealkylation sites (tertiary alicyclic amines) is 1. The van der Waals surface area contributed by atoms with Crippen LogP contribution >= 0.6 is 15.9 Å². The molecule has 2 rings (SSSR count). The Morgan fingerprint density at radius 2 is 2.35 bits per heavy atom. The summed E-state index contributed by atoms with van der Waals surface area (Å²) in [5.74, 6) is -0.285. The first-order chi connectivity index (χ1) is 8.15. The van der Waals surface area contributed by atoms with Crippen molar-refractivity contribution in [3.63, 3.8) is 0 Å². The number of carbonyl (C=O) groups excluding carboxylic acids is 2. The molecule has 0 aromatic carbocycles. The van der Waals surface area contributed by atoms with Gasteiger partial charge in [0.1, 0.15) is 6.04 Å². The molecule has 0 spiro atoms. The number of rotatable bonds is 2. The summed E-state index contributed by atoms with van der Waals surface area (Å²) in [6, 6.07) is 1.24. The largest absolute Gasteiger partial charge is 0.457 e. The Kier molecular flexibility index (Phi) is 3.51. The molecule has 5 nitrogen and oxygen atoms in total. The average Bonchev–Trinajstić information content (AvgIpc) is 2.95. The molecule has 1 fully saturated rings. The Morgan fingerprint density at radius 1 is 1.59 bits per heavy atom. The molecule has 0 aliphatic carbocycles. The second-order valence-electron chi connectivity index (χ2n) is 3.88. The molecule has 1 saturated heterocycles. The van der Waals surface area contributed by atoms with Gasteiger partial charge in [-0.25, -0.2) is 0 Å². The van der Waals surface area contributed by atoms with Gasteiger partial charge >= 0.3 is 0 Å². The Labute approximate surface area is 107 Å². The molecule has 1 N–H and O–H groups in total. The molecule has 6 heteroatoms. The fraction of sp³-hybridized carbons (Fsp3) is 0.455. The molecule has 2 amide bonds. The lowest BCUT2D eigenvalue weighted by Gasteiger charge is -2.22. The summed E-state index contributed by atoms with van der Waals surface area (Å²) in [5, 5.41) is 2.58. The van der Waals surface area contributed by atoms with Crippen LogP contribution < -0.4 is 5.32 Å².